The molecule has 1 aliphatic heterocycles. The summed E-state index contributed by atoms with van der Waals surface area (Å²) in [6.45, 7) is 8.44. The molecule has 0 aromatic carbocycles. The number of hydrogen-bond donors (Lipinski definition) is 1. The van der Waals surface area contributed by atoms with E-state index in [1.54, 1.807) is 0 Å². The van der Waals surface area contributed by atoms with Gasteiger partial charge in [0.25, 0.3) is 0 Å². The van der Waals surface area contributed by atoms with Gasteiger partial charge >= 0.3 is 5.97 Å². The molecule has 0 aromatic rings. The lowest BCUT2D eigenvalue weighted by Crippen LogP contribution is -2.38. The third-order valence-electron chi connectivity index (χ3n) is 4.91. The van der Waals surface area contributed by atoms with Crippen molar-refractivity contribution in [2.45, 2.75) is 65.4 Å². The molecule has 1 saturated heterocycles. The van der Waals surface area contributed by atoms with Crippen molar-refractivity contribution in [2.24, 2.45) is 10.8 Å². The highest BCUT2D eigenvalue weighted by atomic mass is 16.5. The summed E-state index contributed by atoms with van der Waals surface area (Å²) in [5.74, 6) is 0.0414. The SMILES string of the molecule is CCC1(C(=O)OC2CCC(C)(C)CC2)CCNC1. The van der Waals surface area contributed by atoms with Gasteiger partial charge in [0.2, 0.25) is 0 Å². The summed E-state index contributed by atoms with van der Waals surface area (Å²) < 4.78 is 5.78. The zero-order valence-electron chi connectivity index (χ0n) is 12.1. The second kappa shape index (κ2) is 5.20. The lowest BCUT2D eigenvalue weighted by atomic mass is 9.76. The molecule has 3 heteroatoms. The molecule has 1 unspecified atom stereocenters. The average Bonchev–Trinajstić information content (AvgIpc) is 2.82. The zero-order valence-corrected chi connectivity index (χ0v) is 12.1. The highest BCUT2D eigenvalue weighted by molar-refractivity contribution is 5.77. The predicted molar refractivity (Wildman–Crippen MR) is 72.3 cm³/mol. The highest BCUT2D eigenvalue weighted by Gasteiger charge is 2.42. The van der Waals surface area contributed by atoms with Crippen molar-refractivity contribution < 1.29 is 9.53 Å². The molecule has 18 heavy (non-hydrogen) atoms. The first-order chi connectivity index (χ1) is 8.47. The largest absolute Gasteiger partial charge is 0.462 e. The summed E-state index contributed by atoms with van der Waals surface area (Å²) >= 11 is 0. The Balaban J connectivity index is 1.88. The minimum atomic E-state index is -0.243. The maximum atomic E-state index is 12.4. The number of rotatable bonds is 3. The average molecular weight is 253 g/mol. The van der Waals surface area contributed by atoms with Crippen LogP contribution in [0.5, 0.6) is 0 Å². The molecule has 1 aliphatic carbocycles. The Labute approximate surface area is 111 Å². The molecule has 0 bridgehead atoms. The Hall–Kier alpha value is -0.570. The number of carbonyl (C=O) groups is 1. The lowest BCUT2D eigenvalue weighted by Gasteiger charge is -2.35. The number of ether oxygens (including phenoxy) is 1. The first-order valence-corrected chi connectivity index (χ1v) is 7.39. The summed E-state index contributed by atoms with van der Waals surface area (Å²) in [6, 6.07) is 0. The highest BCUT2D eigenvalue weighted by Crippen LogP contribution is 2.38. The number of hydrogen-bond acceptors (Lipinski definition) is 3. The first-order valence-electron chi connectivity index (χ1n) is 7.39. The molecule has 0 spiro atoms. The smallest absolute Gasteiger partial charge is 0.313 e. The van der Waals surface area contributed by atoms with Crippen molar-refractivity contribution in [1.29, 1.82) is 0 Å². The fourth-order valence-corrected chi connectivity index (χ4v) is 3.13. The number of carbonyl (C=O) groups excluding carboxylic acids is 1. The summed E-state index contributed by atoms with van der Waals surface area (Å²) in [5.41, 5.74) is 0.188. The Kier molecular flexibility index (Phi) is 4.00. The van der Waals surface area contributed by atoms with Crippen LogP contribution < -0.4 is 5.32 Å². The van der Waals surface area contributed by atoms with E-state index in [2.05, 4.69) is 26.1 Å². The third-order valence-corrected chi connectivity index (χ3v) is 4.91. The molecule has 1 saturated carbocycles. The van der Waals surface area contributed by atoms with E-state index >= 15 is 0 Å². The van der Waals surface area contributed by atoms with Gasteiger partial charge < -0.3 is 10.1 Å². The molecule has 2 aliphatic rings. The molecule has 2 rings (SSSR count). The number of esters is 1. The van der Waals surface area contributed by atoms with Crippen LogP contribution in [-0.2, 0) is 9.53 Å². The van der Waals surface area contributed by atoms with Crippen molar-refractivity contribution in [2.75, 3.05) is 13.1 Å². The van der Waals surface area contributed by atoms with Crippen LogP contribution in [0.4, 0.5) is 0 Å². The molecule has 1 atom stereocenters. The molecule has 104 valence electrons. The summed E-state index contributed by atoms with van der Waals surface area (Å²) in [7, 11) is 0. The summed E-state index contributed by atoms with van der Waals surface area (Å²) in [5, 5.41) is 3.29. The molecule has 0 amide bonds. The van der Waals surface area contributed by atoms with Gasteiger partial charge in [0, 0.05) is 6.54 Å². The van der Waals surface area contributed by atoms with Crippen molar-refractivity contribution in [3.05, 3.63) is 0 Å². The van der Waals surface area contributed by atoms with Gasteiger partial charge in [0.15, 0.2) is 0 Å². The minimum Gasteiger partial charge on any atom is -0.462 e. The van der Waals surface area contributed by atoms with Gasteiger partial charge in [-0.2, -0.15) is 0 Å². The molecule has 1 N–H and O–H groups in total. The topological polar surface area (TPSA) is 38.3 Å². The molecule has 0 aromatic heterocycles. The van der Waals surface area contributed by atoms with Crippen LogP contribution >= 0.6 is 0 Å². The van der Waals surface area contributed by atoms with E-state index in [-0.39, 0.29) is 17.5 Å². The summed E-state index contributed by atoms with van der Waals surface area (Å²) in [4.78, 5) is 12.4. The molecule has 1 heterocycles. The Morgan fingerprint density at radius 2 is 1.94 bits per heavy atom. The Bertz CT molecular complexity index is 296. The van der Waals surface area contributed by atoms with Crippen LogP contribution in [0.1, 0.15) is 59.3 Å². The zero-order chi connectivity index (χ0) is 13.2. The van der Waals surface area contributed by atoms with Crippen LogP contribution in [0.25, 0.3) is 0 Å². The summed E-state index contributed by atoms with van der Waals surface area (Å²) in [6.07, 6.45) is 6.38. The molecular formula is C15H27NO2. The molecule has 2 fully saturated rings. The molecule has 3 nitrogen and oxygen atoms in total. The van der Waals surface area contributed by atoms with E-state index in [1.807, 2.05) is 0 Å². The monoisotopic (exact) mass is 253 g/mol. The Morgan fingerprint density at radius 1 is 1.28 bits per heavy atom. The standard InChI is InChI=1S/C15H27NO2/c1-4-15(9-10-16-11-15)13(17)18-12-5-7-14(2,3)8-6-12/h12,16H,4-11H2,1-3H3. The van der Waals surface area contributed by atoms with E-state index in [0.29, 0.717) is 5.41 Å². The second-order valence-corrected chi connectivity index (χ2v) is 6.83. The molecule has 0 radical (unpaired) electrons. The third kappa shape index (κ3) is 2.87. The lowest BCUT2D eigenvalue weighted by molar-refractivity contribution is -0.163. The van der Waals surface area contributed by atoms with E-state index in [4.69, 9.17) is 4.74 Å². The van der Waals surface area contributed by atoms with Crippen molar-refractivity contribution in [1.82, 2.24) is 5.32 Å². The van der Waals surface area contributed by atoms with Crippen LogP contribution in [0, 0.1) is 10.8 Å². The van der Waals surface area contributed by atoms with Gasteiger partial charge in [-0.25, -0.2) is 0 Å². The molecular weight excluding hydrogens is 226 g/mol. The van der Waals surface area contributed by atoms with Gasteiger partial charge in [-0.05, 0) is 50.5 Å². The van der Waals surface area contributed by atoms with Crippen molar-refractivity contribution in [3.8, 4) is 0 Å². The quantitative estimate of drug-likeness (QED) is 0.786. The van der Waals surface area contributed by atoms with Crippen LogP contribution in [0.15, 0.2) is 0 Å². The normalized spacial score (nSPS) is 32.4. The van der Waals surface area contributed by atoms with Crippen molar-refractivity contribution >= 4 is 5.97 Å². The second-order valence-electron chi connectivity index (χ2n) is 6.83. The van der Waals surface area contributed by atoms with Crippen LogP contribution in [0.2, 0.25) is 0 Å². The minimum absolute atomic E-state index is 0.0414. The fraction of sp³-hybridized carbons (Fsp3) is 0.933. The maximum absolute atomic E-state index is 12.4. The maximum Gasteiger partial charge on any atom is 0.313 e. The van der Waals surface area contributed by atoms with Crippen LogP contribution in [0.3, 0.4) is 0 Å². The fourth-order valence-electron chi connectivity index (χ4n) is 3.13. The van der Waals surface area contributed by atoms with E-state index < -0.39 is 0 Å². The van der Waals surface area contributed by atoms with Gasteiger partial charge in [-0.15, -0.1) is 0 Å². The van der Waals surface area contributed by atoms with Crippen molar-refractivity contribution in [3.63, 3.8) is 0 Å². The van der Waals surface area contributed by atoms with E-state index in [1.165, 1.54) is 12.8 Å². The number of nitrogens with one attached hydrogen (secondary N) is 1. The predicted octanol–water partition coefficient (Wildman–Crippen LogP) is 2.89. The van der Waals surface area contributed by atoms with Gasteiger partial charge in [0.05, 0.1) is 5.41 Å². The van der Waals surface area contributed by atoms with Gasteiger partial charge in [0.1, 0.15) is 6.10 Å². The first kappa shape index (κ1) is 13.9. The van der Waals surface area contributed by atoms with E-state index in [0.717, 1.165) is 38.8 Å². The van der Waals surface area contributed by atoms with Gasteiger partial charge in [-0.1, -0.05) is 20.8 Å². The van der Waals surface area contributed by atoms with E-state index in [9.17, 15) is 4.79 Å². The van der Waals surface area contributed by atoms with Gasteiger partial charge in [-0.3, -0.25) is 4.79 Å². The Morgan fingerprint density at radius 3 is 2.44 bits per heavy atom. The van der Waals surface area contributed by atoms with Crippen LogP contribution in [-0.4, -0.2) is 25.2 Å².